The third-order valence-corrected chi connectivity index (χ3v) is 3.65. The van der Waals surface area contributed by atoms with Crippen LogP contribution in [0, 0.1) is 5.92 Å². The van der Waals surface area contributed by atoms with Gasteiger partial charge in [0.1, 0.15) is 0 Å². The molecular formula is C12H18O2S. The van der Waals surface area contributed by atoms with Crippen LogP contribution in [-0.4, -0.2) is 11.1 Å². The van der Waals surface area contributed by atoms with Crippen molar-refractivity contribution in [2.45, 2.75) is 39.5 Å². The van der Waals surface area contributed by atoms with E-state index in [0.717, 1.165) is 17.7 Å². The number of hydrogen-bond donors (Lipinski definition) is 1. The van der Waals surface area contributed by atoms with Crippen molar-refractivity contribution in [2.75, 3.05) is 0 Å². The lowest BCUT2D eigenvalue weighted by Crippen LogP contribution is -2.16. The van der Waals surface area contributed by atoms with Crippen molar-refractivity contribution in [3.63, 3.8) is 0 Å². The topological polar surface area (TPSA) is 37.3 Å². The Labute approximate surface area is 94.9 Å². The van der Waals surface area contributed by atoms with Crippen LogP contribution >= 0.6 is 11.3 Å². The smallest absolute Gasteiger partial charge is 0.312 e. The average molecular weight is 226 g/mol. The van der Waals surface area contributed by atoms with Crippen LogP contribution < -0.4 is 0 Å². The highest BCUT2D eigenvalue weighted by molar-refractivity contribution is 7.12. The number of aryl methyl sites for hydroxylation is 1. The number of rotatable bonds is 5. The average Bonchev–Trinajstić information content (AvgIpc) is 2.52. The molecule has 0 spiro atoms. The standard InChI is InChI=1S/C12H18O2S/c1-4-5-9-6-7-10(15-9)11(8(2)3)12(13)14/h6-8,11H,4-5H2,1-3H3,(H,13,14). The van der Waals surface area contributed by atoms with Crippen molar-refractivity contribution in [3.05, 3.63) is 21.9 Å². The monoisotopic (exact) mass is 226 g/mol. The van der Waals surface area contributed by atoms with Crippen LogP contribution in [0.2, 0.25) is 0 Å². The number of carbonyl (C=O) groups is 1. The molecule has 1 rings (SSSR count). The van der Waals surface area contributed by atoms with Gasteiger partial charge in [-0.1, -0.05) is 27.2 Å². The Morgan fingerprint density at radius 1 is 1.47 bits per heavy atom. The highest BCUT2D eigenvalue weighted by Gasteiger charge is 2.24. The Balaban J connectivity index is 2.87. The van der Waals surface area contributed by atoms with Crippen molar-refractivity contribution in [2.24, 2.45) is 5.92 Å². The summed E-state index contributed by atoms with van der Waals surface area (Å²) in [5.74, 6) is -0.911. The lowest BCUT2D eigenvalue weighted by Gasteiger charge is -2.13. The van der Waals surface area contributed by atoms with Crippen molar-refractivity contribution in [1.82, 2.24) is 0 Å². The first-order valence-corrected chi connectivity index (χ1v) is 6.19. The zero-order valence-electron chi connectivity index (χ0n) is 9.49. The molecule has 0 aliphatic carbocycles. The molecule has 1 N–H and O–H groups in total. The second-order valence-electron chi connectivity index (χ2n) is 4.11. The van der Waals surface area contributed by atoms with Gasteiger partial charge in [-0.2, -0.15) is 0 Å². The van der Waals surface area contributed by atoms with Gasteiger partial charge in [0.25, 0.3) is 0 Å². The molecule has 0 aromatic carbocycles. The molecule has 0 saturated carbocycles. The Kier molecular flexibility index (Phi) is 4.33. The quantitative estimate of drug-likeness (QED) is 0.834. The van der Waals surface area contributed by atoms with Gasteiger partial charge < -0.3 is 5.11 Å². The minimum atomic E-state index is -0.713. The van der Waals surface area contributed by atoms with Crippen LogP contribution in [0.3, 0.4) is 0 Å². The van der Waals surface area contributed by atoms with Gasteiger partial charge in [-0.25, -0.2) is 0 Å². The van der Waals surface area contributed by atoms with Gasteiger partial charge in [-0.3, -0.25) is 4.79 Å². The molecule has 0 bridgehead atoms. The molecule has 15 heavy (non-hydrogen) atoms. The molecule has 1 aromatic heterocycles. The highest BCUT2D eigenvalue weighted by Crippen LogP contribution is 2.31. The molecule has 1 heterocycles. The maximum atomic E-state index is 11.1. The summed E-state index contributed by atoms with van der Waals surface area (Å²) in [6, 6.07) is 4.02. The first-order valence-electron chi connectivity index (χ1n) is 5.37. The van der Waals surface area contributed by atoms with Gasteiger partial charge in [0, 0.05) is 9.75 Å². The van der Waals surface area contributed by atoms with E-state index in [4.69, 9.17) is 5.11 Å². The predicted molar refractivity (Wildman–Crippen MR) is 63.5 cm³/mol. The zero-order chi connectivity index (χ0) is 11.4. The Hall–Kier alpha value is -0.830. The molecule has 0 aliphatic rings. The van der Waals surface area contributed by atoms with Crippen LogP contribution in [-0.2, 0) is 11.2 Å². The lowest BCUT2D eigenvalue weighted by atomic mass is 9.94. The van der Waals surface area contributed by atoms with E-state index >= 15 is 0 Å². The first kappa shape index (κ1) is 12.2. The molecule has 0 radical (unpaired) electrons. The third-order valence-electron chi connectivity index (χ3n) is 2.42. The Bertz CT molecular complexity index is 328. The molecule has 84 valence electrons. The summed E-state index contributed by atoms with van der Waals surface area (Å²) in [5, 5.41) is 9.14. The van der Waals surface area contributed by atoms with E-state index in [0.29, 0.717) is 0 Å². The van der Waals surface area contributed by atoms with Crippen molar-refractivity contribution >= 4 is 17.3 Å². The molecule has 1 aromatic rings. The summed E-state index contributed by atoms with van der Waals surface area (Å²) in [4.78, 5) is 13.4. The van der Waals surface area contributed by atoms with Gasteiger partial charge >= 0.3 is 5.97 Å². The van der Waals surface area contributed by atoms with Gasteiger partial charge in [0.15, 0.2) is 0 Å². The predicted octanol–water partition coefficient (Wildman–Crippen LogP) is 3.52. The van der Waals surface area contributed by atoms with E-state index < -0.39 is 5.97 Å². The fraction of sp³-hybridized carbons (Fsp3) is 0.583. The SMILES string of the molecule is CCCc1ccc(C(C(=O)O)C(C)C)s1. The molecular weight excluding hydrogens is 208 g/mol. The minimum absolute atomic E-state index is 0.149. The molecule has 3 heteroatoms. The van der Waals surface area contributed by atoms with E-state index in [9.17, 15) is 4.79 Å². The van der Waals surface area contributed by atoms with E-state index in [-0.39, 0.29) is 11.8 Å². The molecule has 0 aliphatic heterocycles. The Morgan fingerprint density at radius 2 is 2.13 bits per heavy atom. The van der Waals surface area contributed by atoms with E-state index in [2.05, 4.69) is 13.0 Å². The fourth-order valence-corrected chi connectivity index (χ4v) is 3.06. The maximum Gasteiger partial charge on any atom is 0.312 e. The second-order valence-corrected chi connectivity index (χ2v) is 5.31. The number of carboxylic acid groups (broad SMARTS) is 1. The van der Waals surface area contributed by atoms with E-state index in [1.54, 1.807) is 11.3 Å². The number of aliphatic carboxylic acids is 1. The molecule has 0 amide bonds. The third kappa shape index (κ3) is 3.06. The van der Waals surface area contributed by atoms with Crippen molar-refractivity contribution in [3.8, 4) is 0 Å². The van der Waals surface area contributed by atoms with Gasteiger partial charge in [0.05, 0.1) is 5.92 Å². The van der Waals surface area contributed by atoms with Crippen LogP contribution in [0.1, 0.15) is 42.9 Å². The number of hydrogen-bond acceptors (Lipinski definition) is 2. The zero-order valence-corrected chi connectivity index (χ0v) is 10.3. The Morgan fingerprint density at radius 3 is 2.60 bits per heavy atom. The molecule has 0 fully saturated rings. The summed E-state index contributed by atoms with van der Waals surface area (Å²) < 4.78 is 0. The lowest BCUT2D eigenvalue weighted by molar-refractivity contribution is -0.139. The minimum Gasteiger partial charge on any atom is -0.481 e. The van der Waals surface area contributed by atoms with Crippen LogP contribution in [0.4, 0.5) is 0 Å². The maximum absolute atomic E-state index is 11.1. The molecule has 1 atom stereocenters. The summed E-state index contributed by atoms with van der Waals surface area (Å²) >= 11 is 1.64. The molecule has 2 nitrogen and oxygen atoms in total. The van der Waals surface area contributed by atoms with Crippen LogP contribution in [0.5, 0.6) is 0 Å². The number of carboxylic acids is 1. The van der Waals surface area contributed by atoms with Crippen molar-refractivity contribution < 1.29 is 9.90 Å². The summed E-state index contributed by atoms with van der Waals surface area (Å²) in [7, 11) is 0. The summed E-state index contributed by atoms with van der Waals surface area (Å²) in [6.07, 6.45) is 2.16. The number of thiophene rings is 1. The highest BCUT2D eigenvalue weighted by atomic mass is 32.1. The molecule has 0 saturated heterocycles. The fourth-order valence-electron chi connectivity index (χ4n) is 1.68. The second kappa shape index (κ2) is 5.31. The van der Waals surface area contributed by atoms with E-state index in [1.165, 1.54) is 4.88 Å². The van der Waals surface area contributed by atoms with Crippen molar-refractivity contribution in [1.29, 1.82) is 0 Å². The summed E-state index contributed by atoms with van der Waals surface area (Å²) in [5.41, 5.74) is 0. The normalized spacial score (nSPS) is 13.1. The largest absolute Gasteiger partial charge is 0.481 e. The van der Waals surface area contributed by atoms with Gasteiger partial charge in [0.2, 0.25) is 0 Å². The van der Waals surface area contributed by atoms with Gasteiger partial charge in [-0.15, -0.1) is 11.3 Å². The van der Waals surface area contributed by atoms with Crippen LogP contribution in [0.15, 0.2) is 12.1 Å². The summed E-state index contributed by atoms with van der Waals surface area (Å²) in [6.45, 7) is 6.05. The molecule has 1 unspecified atom stereocenters. The first-order chi connectivity index (χ1) is 7.06. The van der Waals surface area contributed by atoms with Gasteiger partial charge in [-0.05, 0) is 24.5 Å². The van der Waals surface area contributed by atoms with Crippen LogP contribution in [0.25, 0.3) is 0 Å². The van der Waals surface area contributed by atoms with E-state index in [1.807, 2.05) is 19.9 Å².